The second kappa shape index (κ2) is 7.79. The number of hydrogen-bond donors (Lipinski definition) is 1. The summed E-state index contributed by atoms with van der Waals surface area (Å²) in [5.41, 5.74) is 1.83. The highest BCUT2D eigenvalue weighted by molar-refractivity contribution is 5.94. The van der Waals surface area contributed by atoms with Crippen molar-refractivity contribution in [1.82, 2.24) is 15.1 Å². The molecular weight excluding hydrogens is 302 g/mol. The number of hydrogen-bond acceptors (Lipinski definition) is 3. The van der Waals surface area contributed by atoms with Crippen LogP contribution >= 0.6 is 0 Å². The van der Waals surface area contributed by atoms with Crippen LogP contribution in [0.5, 0.6) is 0 Å². The topological polar surface area (TPSA) is 52.7 Å². The minimum atomic E-state index is -0.0298. The molecule has 0 aromatic heterocycles. The summed E-state index contributed by atoms with van der Waals surface area (Å²) in [4.78, 5) is 29.2. The summed E-state index contributed by atoms with van der Waals surface area (Å²) in [6.45, 7) is 5.64. The lowest BCUT2D eigenvalue weighted by molar-refractivity contribution is -0.133. The van der Waals surface area contributed by atoms with E-state index in [0.717, 1.165) is 49.9 Å². The molecule has 2 fully saturated rings. The lowest BCUT2D eigenvalue weighted by Gasteiger charge is -2.29. The van der Waals surface area contributed by atoms with Crippen molar-refractivity contribution in [2.45, 2.75) is 38.6 Å². The van der Waals surface area contributed by atoms with Crippen molar-refractivity contribution in [2.24, 2.45) is 0 Å². The first-order chi connectivity index (χ1) is 11.6. The quantitative estimate of drug-likeness (QED) is 0.900. The van der Waals surface area contributed by atoms with E-state index in [1.165, 1.54) is 0 Å². The highest BCUT2D eigenvalue weighted by Gasteiger charge is 2.28. The SMILES string of the molecule is Cc1cccc(C(=O)N2CCCN(C(=O)C3CCCCN3)CC2)c1. The number of nitrogens with one attached hydrogen (secondary N) is 1. The molecule has 1 aromatic rings. The van der Waals surface area contributed by atoms with Gasteiger partial charge in [-0.3, -0.25) is 9.59 Å². The molecule has 1 aromatic carbocycles. The maximum atomic E-state index is 12.7. The Labute approximate surface area is 144 Å². The summed E-state index contributed by atoms with van der Waals surface area (Å²) < 4.78 is 0. The Kier molecular flexibility index (Phi) is 5.51. The summed E-state index contributed by atoms with van der Waals surface area (Å²) in [6, 6.07) is 7.69. The number of amides is 2. The number of piperidine rings is 1. The van der Waals surface area contributed by atoms with Crippen molar-refractivity contribution in [1.29, 1.82) is 0 Å². The number of benzene rings is 1. The molecule has 2 amide bonds. The predicted molar refractivity (Wildman–Crippen MR) is 93.9 cm³/mol. The molecule has 2 saturated heterocycles. The van der Waals surface area contributed by atoms with Gasteiger partial charge in [0.25, 0.3) is 5.91 Å². The molecular formula is C19H27N3O2. The van der Waals surface area contributed by atoms with Crippen molar-refractivity contribution in [3.8, 4) is 0 Å². The van der Waals surface area contributed by atoms with Gasteiger partial charge >= 0.3 is 0 Å². The molecule has 0 aliphatic carbocycles. The fourth-order valence-electron chi connectivity index (χ4n) is 3.58. The molecule has 130 valence electrons. The largest absolute Gasteiger partial charge is 0.340 e. The molecule has 3 rings (SSSR count). The van der Waals surface area contributed by atoms with E-state index in [0.29, 0.717) is 19.6 Å². The lowest BCUT2D eigenvalue weighted by Crippen LogP contribution is -2.49. The van der Waals surface area contributed by atoms with E-state index in [1.807, 2.05) is 41.0 Å². The maximum absolute atomic E-state index is 12.7. The Hall–Kier alpha value is -1.88. The Morgan fingerprint density at radius 2 is 1.83 bits per heavy atom. The Morgan fingerprint density at radius 3 is 2.58 bits per heavy atom. The molecule has 0 spiro atoms. The molecule has 0 saturated carbocycles. The highest BCUT2D eigenvalue weighted by atomic mass is 16.2. The van der Waals surface area contributed by atoms with Gasteiger partial charge < -0.3 is 15.1 Å². The van der Waals surface area contributed by atoms with Crippen LogP contribution in [0.4, 0.5) is 0 Å². The zero-order valence-electron chi connectivity index (χ0n) is 14.5. The summed E-state index contributed by atoms with van der Waals surface area (Å²) >= 11 is 0. The van der Waals surface area contributed by atoms with Crippen LogP contribution in [0.2, 0.25) is 0 Å². The first-order valence-electron chi connectivity index (χ1n) is 9.03. The van der Waals surface area contributed by atoms with Gasteiger partial charge in [0.05, 0.1) is 6.04 Å². The fourth-order valence-corrected chi connectivity index (χ4v) is 3.58. The van der Waals surface area contributed by atoms with E-state index in [4.69, 9.17) is 0 Å². The maximum Gasteiger partial charge on any atom is 0.253 e. The average Bonchev–Trinajstić information content (AvgIpc) is 2.87. The van der Waals surface area contributed by atoms with Crippen LogP contribution in [0.25, 0.3) is 0 Å². The summed E-state index contributed by atoms with van der Waals surface area (Å²) in [6.07, 6.45) is 4.05. The molecule has 24 heavy (non-hydrogen) atoms. The van der Waals surface area contributed by atoms with Gasteiger partial charge in [-0.1, -0.05) is 24.1 Å². The third-order valence-electron chi connectivity index (χ3n) is 4.97. The first kappa shape index (κ1) is 17.0. The van der Waals surface area contributed by atoms with Crippen molar-refractivity contribution >= 4 is 11.8 Å². The van der Waals surface area contributed by atoms with E-state index >= 15 is 0 Å². The Morgan fingerprint density at radius 1 is 1.04 bits per heavy atom. The third-order valence-corrected chi connectivity index (χ3v) is 4.97. The van der Waals surface area contributed by atoms with Crippen LogP contribution in [0.1, 0.15) is 41.6 Å². The van der Waals surface area contributed by atoms with Gasteiger partial charge in [-0.05, 0) is 44.9 Å². The normalized spacial score (nSPS) is 22.1. The van der Waals surface area contributed by atoms with Gasteiger partial charge in [0, 0.05) is 31.7 Å². The minimum Gasteiger partial charge on any atom is -0.340 e. The van der Waals surface area contributed by atoms with Gasteiger partial charge in [0.2, 0.25) is 5.91 Å². The number of carbonyl (C=O) groups is 2. The second-order valence-electron chi connectivity index (χ2n) is 6.84. The van der Waals surface area contributed by atoms with Crippen LogP contribution in [0.3, 0.4) is 0 Å². The summed E-state index contributed by atoms with van der Waals surface area (Å²) in [5, 5.41) is 3.33. The molecule has 0 bridgehead atoms. The van der Waals surface area contributed by atoms with Gasteiger partial charge in [-0.2, -0.15) is 0 Å². The van der Waals surface area contributed by atoms with Crippen LogP contribution in [0, 0.1) is 6.92 Å². The van der Waals surface area contributed by atoms with Crippen LogP contribution in [0.15, 0.2) is 24.3 Å². The van der Waals surface area contributed by atoms with E-state index in [9.17, 15) is 9.59 Å². The van der Waals surface area contributed by atoms with Crippen molar-refractivity contribution < 1.29 is 9.59 Å². The molecule has 5 heteroatoms. The van der Waals surface area contributed by atoms with Crippen LogP contribution in [-0.2, 0) is 4.79 Å². The van der Waals surface area contributed by atoms with Crippen molar-refractivity contribution in [2.75, 3.05) is 32.7 Å². The molecule has 2 aliphatic heterocycles. The van der Waals surface area contributed by atoms with Crippen LogP contribution < -0.4 is 5.32 Å². The number of nitrogens with zero attached hydrogens (tertiary/aromatic N) is 2. The number of aryl methyl sites for hydroxylation is 1. The first-order valence-corrected chi connectivity index (χ1v) is 9.03. The molecule has 1 atom stereocenters. The molecule has 2 aliphatic rings. The minimum absolute atomic E-state index is 0.0298. The predicted octanol–water partition coefficient (Wildman–Crippen LogP) is 1.81. The van der Waals surface area contributed by atoms with E-state index < -0.39 is 0 Å². The zero-order valence-corrected chi connectivity index (χ0v) is 14.5. The fraction of sp³-hybridized carbons (Fsp3) is 0.579. The second-order valence-corrected chi connectivity index (χ2v) is 6.84. The van der Waals surface area contributed by atoms with Gasteiger partial charge in [-0.25, -0.2) is 0 Å². The Balaban J connectivity index is 1.60. The van der Waals surface area contributed by atoms with Gasteiger partial charge in [-0.15, -0.1) is 0 Å². The zero-order chi connectivity index (χ0) is 16.9. The Bertz CT molecular complexity index is 596. The number of carbonyl (C=O) groups excluding carboxylic acids is 2. The summed E-state index contributed by atoms with van der Waals surface area (Å²) in [5.74, 6) is 0.281. The standard InChI is InChI=1S/C19H27N3O2/c1-15-6-4-7-16(14-15)18(23)21-10-5-11-22(13-12-21)19(24)17-8-2-3-9-20-17/h4,6-7,14,17,20H,2-3,5,8-13H2,1H3. The van der Waals surface area contributed by atoms with Crippen molar-refractivity contribution in [3.63, 3.8) is 0 Å². The van der Waals surface area contributed by atoms with E-state index in [1.54, 1.807) is 0 Å². The van der Waals surface area contributed by atoms with E-state index in [2.05, 4.69) is 5.32 Å². The van der Waals surface area contributed by atoms with Gasteiger partial charge in [0.15, 0.2) is 0 Å². The third kappa shape index (κ3) is 3.96. The summed E-state index contributed by atoms with van der Waals surface area (Å²) in [7, 11) is 0. The smallest absolute Gasteiger partial charge is 0.253 e. The molecule has 1 unspecified atom stereocenters. The lowest BCUT2D eigenvalue weighted by atomic mass is 10.0. The highest BCUT2D eigenvalue weighted by Crippen LogP contribution is 2.14. The van der Waals surface area contributed by atoms with Crippen LogP contribution in [-0.4, -0.2) is 60.4 Å². The molecule has 2 heterocycles. The molecule has 5 nitrogen and oxygen atoms in total. The average molecular weight is 329 g/mol. The molecule has 1 N–H and O–H groups in total. The monoisotopic (exact) mass is 329 g/mol. The van der Waals surface area contributed by atoms with Gasteiger partial charge in [0.1, 0.15) is 0 Å². The van der Waals surface area contributed by atoms with E-state index in [-0.39, 0.29) is 17.9 Å². The molecule has 0 radical (unpaired) electrons. The number of rotatable bonds is 2. The van der Waals surface area contributed by atoms with Crippen molar-refractivity contribution in [3.05, 3.63) is 35.4 Å².